The first-order valence-corrected chi connectivity index (χ1v) is 31.1. The van der Waals surface area contributed by atoms with Crippen molar-refractivity contribution in [1.82, 2.24) is 5.32 Å². The number of hydrogen-bond acceptors (Lipinski definition) is 5. The molecule has 408 valence electrons. The molecule has 0 aliphatic carbocycles. The van der Waals surface area contributed by atoms with E-state index >= 15 is 0 Å². The number of carbonyl (C=O) groups is 2. The van der Waals surface area contributed by atoms with Gasteiger partial charge in [0.1, 0.15) is 0 Å². The van der Waals surface area contributed by atoms with Crippen molar-refractivity contribution in [3.63, 3.8) is 0 Å². The number of aliphatic hydroxyl groups excluding tert-OH is 2. The third-order valence-electron chi connectivity index (χ3n) is 14.5. The number of nitrogens with one attached hydrogen (secondary N) is 1. The summed E-state index contributed by atoms with van der Waals surface area (Å²) in [7, 11) is 0. The Morgan fingerprint density at radius 2 is 0.681 bits per heavy atom. The van der Waals surface area contributed by atoms with E-state index in [0.717, 1.165) is 44.9 Å². The summed E-state index contributed by atoms with van der Waals surface area (Å²) in [6.45, 7) is 4.94. The quantitative estimate of drug-likeness (QED) is 0.0321. The highest BCUT2D eigenvalue weighted by atomic mass is 16.5. The smallest absolute Gasteiger partial charge is 0.305 e. The van der Waals surface area contributed by atoms with Gasteiger partial charge in [0.15, 0.2) is 0 Å². The van der Waals surface area contributed by atoms with Crippen LogP contribution in [0, 0.1) is 0 Å². The summed E-state index contributed by atoms with van der Waals surface area (Å²) >= 11 is 0. The maximum atomic E-state index is 12.4. The molecule has 0 aromatic heterocycles. The Labute approximate surface area is 431 Å². The van der Waals surface area contributed by atoms with Crippen LogP contribution in [0.1, 0.15) is 341 Å². The molecule has 0 radical (unpaired) electrons. The summed E-state index contributed by atoms with van der Waals surface area (Å²) in [6, 6.07) is -0.539. The van der Waals surface area contributed by atoms with Crippen molar-refractivity contribution < 1.29 is 24.5 Å². The van der Waals surface area contributed by atoms with E-state index in [1.165, 1.54) is 263 Å². The summed E-state index contributed by atoms with van der Waals surface area (Å²) in [4.78, 5) is 24.5. The molecule has 0 aliphatic heterocycles. The average molecular weight is 973 g/mol. The van der Waals surface area contributed by atoms with E-state index in [1.54, 1.807) is 0 Å². The second kappa shape index (κ2) is 58.9. The molecule has 0 saturated carbocycles. The average Bonchev–Trinajstić information content (AvgIpc) is 3.35. The molecule has 0 aliphatic rings. The van der Waals surface area contributed by atoms with Crippen molar-refractivity contribution in [2.24, 2.45) is 0 Å². The summed E-state index contributed by atoms with van der Waals surface area (Å²) in [6.07, 6.45) is 72.0. The number of unbranched alkanes of at least 4 members (excludes halogenated alkanes) is 43. The number of amides is 1. The second-order valence-corrected chi connectivity index (χ2v) is 21.4. The number of hydrogen-bond donors (Lipinski definition) is 3. The van der Waals surface area contributed by atoms with Crippen LogP contribution in [0.5, 0.6) is 0 Å². The van der Waals surface area contributed by atoms with Gasteiger partial charge in [0, 0.05) is 12.8 Å². The molecule has 0 rings (SSSR count). The van der Waals surface area contributed by atoms with E-state index in [0.29, 0.717) is 25.9 Å². The van der Waals surface area contributed by atoms with Crippen LogP contribution in [-0.4, -0.2) is 47.4 Å². The fraction of sp³-hybridized carbons (Fsp3) is 0.905. The molecule has 0 aromatic rings. The Morgan fingerprint density at radius 1 is 0.391 bits per heavy atom. The topological polar surface area (TPSA) is 95.9 Å². The lowest BCUT2D eigenvalue weighted by Crippen LogP contribution is -2.45. The van der Waals surface area contributed by atoms with Crippen molar-refractivity contribution in [1.29, 1.82) is 0 Å². The zero-order valence-corrected chi connectivity index (χ0v) is 46.6. The van der Waals surface area contributed by atoms with Crippen molar-refractivity contribution in [3.05, 3.63) is 24.3 Å². The van der Waals surface area contributed by atoms with Gasteiger partial charge in [0.25, 0.3) is 0 Å². The van der Waals surface area contributed by atoms with Crippen LogP contribution >= 0.6 is 0 Å². The molecule has 0 aromatic carbocycles. The van der Waals surface area contributed by atoms with Gasteiger partial charge in [-0.15, -0.1) is 0 Å². The second-order valence-electron chi connectivity index (χ2n) is 21.4. The molecule has 6 heteroatoms. The van der Waals surface area contributed by atoms with Crippen LogP contribution in [0.15, 0.2) is 24.3 Å². The number of carbonyl (C=O) groups excluding carboxylic acids is 2. The summed E-state index contributed by atoms with van der Waals surface area (Å²) in [5.74, 6) is -0.0282. The molecule has 0 heterocycles. The van der Waals surface area contributed by atoms with Gasteiger partial charge in [-0.3, -0.25) is 9.59 Å². The molecule has 3 N–H and O–H groups in total. The van der Waals surface area contributed by atoms with E-state index in [2.05, 4.69) is 43.5 Å². The van der Waals surface area contributed by atoms with Gasteiger partial charge in [-0.2, -0.15) is 0 Å². The van der Waals surface area contributed by atoms with Crippen LogP contribution in [-0.2, 0) is 14.3 Å². The zero-order valence-electron chi connectivity index (χ0n) is 46.6. The van der Waals surface area contributed by atoms with Crippen molar-refractivity contribution in [2.75, 3.05) is 13.2 Å². The fourth-order valence-corrected chi connectivity index (χ4v) is 9.69. The van der Waals surface area contributed by atoms with Gasteiger partial charge in [-0.1, -0.05) is 276 Å². The third kappa shape index (κ3) is 55.5. The molecule has 0 spiro atoms. The first kappa shape index (κ1) is 67.3. The lowest BCUT2D eigenvalue weighted by molar-refractivity contribution is -0.143. The first-order chi connectivity index (χ1) is 34.0. The maximum Gasteiger partial charge on any atom is 0.305 e. The summed E-state index contributed by atoms with van der Waals surface area (Å²) in [5.41, 5.74) is 0. The largest absolute Gasteiger partial charge is 0.466 e. The predicted octanol–water partition coefficient (Wildman–Crippen LogP) is 19.4. The van der Waals surface area contributed by atoms with Crippen molar-refractivity contribution >= 4 is 11.9 Å². The standard InChI is InChI=1S/C63H121NO5/c1-3-5-7-9-11-13-15-32-37-41-45-49-53-57-63(68)69-58-54-50-46-42-38-34-31-29-27-25-23-21-19-17-16-18-20-22-24-26-28-30-33-36-40-44-48-52-56-62(67)64-60(59-65)61(66)55-51-47-43-39-35-14-12-10-8-6-4-2/h13,15-17,60-61,65-66H,3-12,14,18-59H2,1-2H3,(H,64,67)/b15-13-,17-16-. The minimum atomic E-state index is -0.662. The van der Waals surface area contributed by atoms with Crippen LogP contribution in [0.3, 0.4) is 0 Å². The highest BCUT2D eigenvalue weighted by molar-refractivity contribution is 5.76. The molecule has 69 heavy (non-hydrogen) atoms. The van der Waals surface area contributed by atoms with Gasteiger partial charge < -0.3 is 20.3 Å². The third-order valence-corrected chi connectivity index (χ3v) is 14.5. The van der Waals surface area contributed by atoms with Crippen LogP contribution in [0.2, 0.25) is 0 Å². The molecule has 0 bridgehead atoms. The van der Waals surface area contributed by atoms with E-state index < -0.39 is 12.1 Å². The highest BCUT2D eigenvalue weighted by Gasteiger charge is 2.20. The lowest BCUT2D eigenvalue weighted by Gasteiger charge is -2.22. The molecular formula is C63H121NO5. The zero-order chi connectivity index (χ0) is 50.0. The minimum Gasteiger partial charge on any atom is -0.466 e. The lowest BCUT2D eigenvalue weighted by atomic mass is 10.0. The van der Waals surface area contributed by atoms with Gasteiger partial charge >= 0.3 is 5.97 Å². The Hall–Kier alpha value is -1.66. The molecule has 2 atom stereocenters. The van der Waals surface area contributed by atoms with Gasteiger partial charge in [-0.05, 0) is 77.0 Å². The maximum absolute atomic E-state index is 12.4. The molecule has 1 amide bonds. The molecular weight excluding hydrogens is 851 g/mol. The van der Waals surface area contributed by atoms with Crippen LogP contribution < -0.4 is 5.32 Å². The molecule has 2 unspecified atom stereocenters. The minimum absolute atomic E-state index is 0.00667. The monoisotopic (exact) mass is 972 g/mol. The van der Waals surface area contributed by atoms with Gasteiger partial charge in [0.05, 0.1) is 25.4 Å². The van der Waals surface area contributed by atoms with E-state index in [4.69, 9.17) is 4.74 Å². The van der Waals surface area contributed by atoms with Crippen molar-refractivity contribution in [2.45, 2.75) is 353 Å². The van der Waals surface area contributed by atoms with Gasteiger partial charge in [-0.25, -0.2) is 0 Å². The number of allylic oxidation sites excluding steroid dienone is 4. The van der Waals surface area contributed by atoms with Gasteiger partial charge in [0.2, 0.25) is 5.91 Å². The highest BCUT2D eigenvalue weighted by Crippen LogP contribution is 2.17. The van der Waals surface area contributed by atoms with E-state index in [9.17, 15) is 19.8 Å². The number of rotatable bonds is 58. The Bertz CT molecular complexity index is 1080. The number of ether oxygens (including phenoxy) is 1. The Morgan fingerprint density at radius 3 is 1.04 bits per heavy atom. The van der Waals surface area contributed by atoms with Crippen LogP contribution in [0.4, 0.5) is 0 Å². The normalized spacial score (nSPS) is 12.7. The fourth-order valence-electron chi connectivity index (χ4n) is 9.69. The Kier molecular flexibility index (Phi) is 57.5. The van der Waals surface area contributed by atoms with Crippen molar-refractivity contribution in [3.8, 4) is 0 Å². The summed E-state index contributed by atoms with van der Waals surface area (Å²) < 4.78 is 5.47. The molecule has 0 saturated heterocycles. The van der Waals surface area contributed by atoms with E-state index in [1.807, 2.05) is 0 Å². The Balaban J connectivity index is 3.36. The number of esters is 1. The summed E-state index contributed by atoms with van der Waals surface area (Å²) in [5, 5.41) is 23.2. The predicted molar refractivity (Wildman–Crippen MR) is 301 cm³/mol. The SMILES string of the molecule is CCCCCC/C=C\CCCCCCCC(=O)OCCCCCCCCCCCCCC/C=C\CCCCCCCCCCCCCCC(=O)NC(CO)C(O)CCCCCCCCCCCCC. The van der Waals surface area contributed by atoms with E-state index in [-0.39, 0.29) is 18.5 Å². The van der Waals surface area contributed by atoms with Crippen LogP contribution in [0.25, 0.3) is 0 Å². The molecule has 6 nitrogen and oxygen atoms in total. The molecule has 0 fully saturated rings. The first-order valence-electron chi connectivity index (χ1n) is 31.1. The number of aliphatic hydroxyl groups is 2.